The summed E-state index contributed by atoms with van der Waals surface area (Å²) in [6.07, 6.45) is 1.10. The molecular formula is C16H19N3O3S. The number of carbonyl (C=O) groups is 2. The molecule has 2 aliphatic heterocycles. The maximum atomic E-state index is 12.4. The minimum Gasteiger partial charge on any atom is -0.494 e. The summed E-state index contributed by atoms with van der Waals surface area (Å²) >= 11 is 1.38. The van der Waals surface area contributed by atoms with Gasteiger partial charge in [0.05, 0.1) is 6.61 Å². The number of amides is 2. The van der Waals surface area contributed by atoms with Gasteiger partial charge in [0.1, 0.15) is 11.0 Å². The molecule has 1 aromatic carbocycles. The fourth-order valence-corrected chi connectivity index (χ4v) is 3.66. The summed E-state index contributed by atoms with van der Waals surface area (Å²) in [7, 11) is 0. The number of anilines is 1. The highest BCUT2D eigenvalue weighted by Gasteiger charge is 2.36. The molecule has 7 heteroatoms. The summed E-state index contributed by atoms with van der Waals surface area (Å²) in [5, 5.41) is 3.11. The Morgan fingerprint density at radius 1 is 1.43 bits per heavy atom. The molecule has 3 rings (SSSR count). The Morgan fingerprint density at radius 3 is 2.96 bits per heavy atom. The van der Waals surface area contributed by atoms with Crippen molar-refractivity contribution in [2.24, 2.45) is 4.99 Å². The molecule has 0 aliphatic carbocycles. The van der Waals surface area contributed by atoms with Crippen molar-refractivity contribution < 1.29 is 14.3 Å². The van der Waals surface area contributed by atoms with Gasteiger partial charge in [-0.15, -0.1) is 0 Å². The lowest BCUT2D eigenvalue weighted by atomic mass is 10.2. The fourth-order valence-electron chi connectivity index (χ4n) is 2.52. The Bertz CT molecular complexity index is 630. The van der Waals surface area contributed by atoms with Gasteiger partial charge in [-0.05, 0) is 37.6 Å². The molecule has 6 nitrogen and oxygen atoms in total. The van der Waals surface area contributed by atoms with E-state index in [0.717, 1.165) is 18.7 Å². The van der Waals surface area contributed by atoms with Crippen LogP contribution < -0.4 is 10.1 Å². The van der Waals surface area contributed by atoms with Crippen molar-refractivity contribution in [3.8, 4) is 5.75 Å². The minimum absolute atomic E-state index is 0.0194. The summed E-state index contributed by atoms with van der Waals surface area (Å²) in [5.74, 6) is 0.578. The van der Waals surface area contributed by atoms with Crippen LogP contribution in [0.3, 0.4) is 0 Å². The number of nitrogens with one attached hydrogen (secondary N) is 1. The first-order valence-electron chi connectivity index (χ1n) is 7.72. The molecule has 0 bridgehead atoms. The summed E-state index contributed by atoms with van der Waals surface area (Å²) < 4.78 is 5.37. The van der Waals surface area contributed by atoms with Crippen molar-refractivity contribution in [1.29, 1.82) is 0 Å². The van der Waals surface area contributed by atoms with Crippen molar-refractivity contribution in [2.75, 3.05) is 25.0 Å². The number of thioether (sulfide) groups is 1. The van der Waals surface area contributed by atoms with E-state index in [1.165, 1.54) is 11.8 Å². The molecule has 2 aliphatic rings. The van der Waals surface area contributed by atoms with Crippen LogP contribution in [-0.2, 0) is 9.59 Å². The zero-order chi connectivity index (χ0) is 16.2. The number of amidine groups is 1. The highest BCUT2D eigenvalue weighted by Crippen LogP contribution is 2.29. The second kappa shape index (κ2) is 7.04. The van der Waals surface area contributed by atoms with E-state index in [-0.39, 0.29) is 18.2 Å². The molecule has 2 amide bonds. The van der Waals surface area contributed by atoms with Gasteiger partial charge >= 0.3 is 0 Å². The van der Waals surface area contributed by atoms with Gasteiger partial charge in [0.15, 0.2) is 5.17 Å². The molecule has 0 radical (unpaired) electrons. The third-order valence-electron chi connectivity index (χ3n) is 3.65. The van der Waals surface area contributed by atoms with Gasteiger partial charge in [-0.25, -0.2) is 0 Å². The third-order valence-corrected chi connectivity index (χ3v) is 4.88. The number of carbonyl (C=O) groups excluding carboxylic acids is 2. The van der Waals surface area contributed by atoms with Crippen LogP contribution in [0, 0.1) is 0 Å². The SMILES string of the molecule is CCOc1ccc(NC(=O)[C@H]2CC(=O)N3CCCN=C3S2)cc1. The van der Waals surface area contributed by atoms with Gasteiger partial charge in [-0.3, -0.25) is 19.5 Å². The maximum Gasteiger partial charge on any atom is 0.238 e. The first-order chi connectivity index (χ1) is 11.2. The van der Waals surface area contributed by atoms with E-state index < -0.39 is 5.25 Å². The van der Waals surface area contributed by atoms with Crippen LogP contribution in [0.5, 0.6) is 5.75 Å². The highest BCUT2D eigenvalue weighted by molar-refractivity contribution is 8.15. The fraction of sp³-hybridized carbons (Fsp3) is 0.438. The quantitative estimate of drug-likeness (QED) is 0.916. The second-order valence-corrected chi connectivity index (χ2v) is 6.49. The van der Waals surface area contributed by atoms with Crippen LogP contribution >= 0.6 is 11.8 Å². The van der Waals surface area contributed by atoms with Crippen molar-refractivity contribution in [2.45, 2.75) is 25.0 Å². The summed E-state index contributed by atoms with van der Waals surface area (Å²) in [6, 6.07) is 7.21. The predicted octanol–water partition coefficient (Wildman–Crippen LogP) is 2.12. The van der Waals surface area contributed by atoms with E-state index in [2.05, 4.69) is 10.3 Å². The maximum absolute atomic E-state index is 12.4. The van der Waals surface area contributed by atoms with E-state index in [0.29, 0.717) is 24.0 Å². The van der Waals surface area contributed by atoms with Crippen molar-refractivity contribution in [1.82, 2.24) is 4.90 Å². The Hall–Kier alpha value is -2.02. The Balaban J connectivity index is 1.64. The number of fused-ring (bicyclic) bond motifs is 1. The lowest BCUT2D eigenvalue weighted by Crippen LogP contribution is -2.47. The van der Waals surface area contributed by atoms with Crippen LogP contribution in [0.4, 0.5) is 5.69 Å². The molecule has 23 heavy (non-hydrogen) atoms. The molecule has 0 saturated carbocycles. The van der Waals surface area contributed by atoms with Gasteiger partial charge < -0.3 is 10.1 Å². The zero-order valence-electron chi connectivity index (χ0n) is 12.9. The van der Waals surface area contributed by atoms with Crippen molar-refractivity contribution in [3.63, 3.8) is 0 Å². The van der Waals surface area contributed by atoms with Gasteiger partial charge in [-0.1, -0.05) is 11.8 Å². The second-order valence-electron chi connectivity index (χ2n) is 5.32. The predicted molar refractivity (Wildman–Crippen MR) is 90.9 cm³/mol. The van der Waals surface area contributed by atoms with Gasteiger partial charge in [0, 0.05) is 25.2 Å². The van der Waals surface area contributed by atoms with E-state index in [1.54, 1.807) is 17.0 Å². The molecule has 0 spiro atoms. The molecule has 2 heterocycles. The monoisotopic (exact) mass is 333 g/mol. The van der Waals surface area contributed by atoms with Crippen LogP contribution in [0.25, 0.3) is 0 Å². The Morgan fingerprint density at radius 2 is 2.22 bits per heavy atom. The standard InChI is InChI=1S/C16H19N3O3S/c1-2-22-12-6-4-11(5-7-12)18-15(21)13-10-14(20)19-9-3-8-17-16(19)23-13/h4-7,13H,2-3,8-10H2,1H3,(H,18,21)/t13-/m1/s1. The number of hydrogen-bond acceptors (Lipinski definition) is 5. The normalized spacial score (nSPS) is 20.6. The number of ether oxygens (including phenoxy) is 1. The van der Waals surface area contributed by atoms with Crippen LogP contribution in [0.2, 0.25) is 0 Å². The summed E-state index contributed by atoms with van der Waals surface area (Å²) in [4.78, 5) is 30.6. The van der Waals surface area contributed by atoms with E-state index in [9.17, 15) is 9.59 Å². The molecule has 122 valence electrons. The lowest BCUT2D eigenvalue weighted by Gasteiger charge is -2.33. The molecule has 1 atom stereocenters. The molecule has 1 N–H and O–H groups in total. The Kier molecular flexibility index (Phi) is 4.85. The van der Waals surface area contributed by atoms with Crippen LogP contribution in [0.1, 0.15) is 19.8 Å². The Labute approximate surface area is 139 Å². The molecule has 1 aromatic rings. The van der Waals surface area contributed by atoms with E-state index in [4.69, 9.17) is 4.74 Å². The zero-order valence-corrected chi connectivity index (χ0v) is 13.8. The van der Waals surface area contributed by atoms with Gasteiger partial charge in [0.25, 0.3) is 0 Å². The molecule has 0 unspecified atom stereocenters. The summed E-state index contributed by atoms with van der Waals surface area (Å²) in [6.45, 7) is 3.95. The smallest absolute Gasteiger partial charge is 0.238 e. The van der Waals surface area contributed by atoms with E-state index >= 15 is 0 Å². The lowest BCUT2D eigenvalue weighted by molar-refractivity contribution is -0.129. The largest absolute Gasteiger partial charge is 0.494 e. The molecule has 0 aromatic heterocycles. The van der Waals surface area contributed by atoms with Crippen molar-refractivity contribution in [3.05, 3.63) is 24.3 Å². The number of hydrogen-bond donors (Lipinski definition) is 1. The number of benzene rings is 1. The van der Waals surface area contributed by atoms with Crippen LogP contribution in [0.15, 0.2) is 29.3 Å². The molecule has 1 saturated heterocycles. The highest BCUT2D eigenvalue weighted by atomic mass is 32.2. The summed E-state index contributed by atoms with van der Waals surface area (Å²) in [5.41, 5.74) is 0.694. The van der Waals surface area contributed by atoms with E-state index in [1.807, 2.05) is 19.1 Å². The first-order valence-corrected chi connectivity index (χ1v) is 8.60. The third kappa shape index (κ3) is 3.67. The van der Waals surface area contributed by atoms with Gasteiger partial charge in [0.2, 0.25) is 11.8 Å². The topological polar surface area (TPSA) is 71.0 Å². The van der Waals surface area contributed by atoms with Crippen LogP contribution in [-0.4, -0.2) is 46.8 Å². The number of rotatable bonds is 4. The number of nitrogens with zero attached hydrogens (tertiary/aromatic N) is 2. The van der Waals surface area contributed by atoms with Crippen molar-refractivity contribution >= 4 is 34.4 Å². The van der Waals surface area contributed by atoms with Gasteiger partial charge in [-0.2, -0.15) is 0 Å². The molecular weight excluding hydrogens is 314 g/mol. The minimum atomic E-state index is -0.429. The molecule has 1 fully saturated rings. The number of aliphatic imine (C=N–C) groups is 1. The average Bonchev–Trinajstić information content (AvgIpc) is 2.57. The first kappa shape index (κ1) is 15.9. The average molecular weight is 333 g/mol.